The summed E-state index contributed by atoms with van der Waals surface area (Å²) in [5.74, 6) is -0.834. The predicted octanol–water partition coefficient (Wildman–Crippen LogP) is 11.2. The number of amides is 1. The third-order valence-corrected chi connectivity index (χ3v) is 10.7. The highest BCUT2D eigenvalue weighted by Gasteiger charge is 2.17. The number of likely N-dealkylation sites (N-methyl/N-ethyl adjacent to an activating group) is 2. The number of ether oxygens (including phenoxy) is 7. The Morgan fingerprint density at radius 2 is 0.728 bits per heavy atom. The van der Waals surface area contributed by atoms with Gasteiger partial charge in [-0.25, -0.2) is 24.0 Å². The Morgan fingerprint density at radius 3 is 1.05 bits per heavy atom. The van der Waals surface area contributed by atoms with E-state index in [-0.39, 0.29) is 49.8 Å². The summed E-state index contributed by atoms with van der Waals surface area (Å²) < 4.78 is 37.7. The number of unbranched alkanes of at least 4 members (excludes halogenated alkanes) is 3. The first-order valence-electron chi connectivity index (χ1n) is 28.7. The third-order valence-electron chi connectivity index (χ3n) is 10.7. The van der Waals surface area contributed by atoms with Crippen molar-refractivity contribution >= 4 is 35.8 Å². The van der Waals surface area contributed by atoms with Crippen molar-refractivity contribution in [3.8, 4) is 0 Å². The van der Waals surface area contributed by atoms with Gasteiger partial charge in [0.2, 0.25) is 5.91 Å². The first-order chi connectivity index (χ1) is 37.0. The van der Waals surface area contributed by atoms with Crippen molar-refractivity contribution in [1.82, 2.24) is 5.32 Å². The standard InChI is InChI=1S/C13H26N2O.C12H24NO2.C11H22NO2.C11H20O4.2C8H14O2.CH4/c1-6-7-10-15(4,5)11-8-9-14-13(16)12(2)3;1-6-7-8-13(4,5)9-10-15-12(14)11(2)3;1-5-7-8-12(3,4)9-10-14-11(13)6-2;1-4-5-13-6-7-14-8-9-15-11(12)10(2)3;2*1-6(2)5-10-8(9)7(3)4;/h2,6-11H2,1,3-5H3;2,6-10H2,1,3-5H3;6H,2,5,7-10H2,1,3-4H3;2,4-9H2,1,3H3;2*6H,3,5H2,1-2,4H3;1H4/q;2*+1;;;;/p+1. The van der Waals surface area contributed by atoms with E-state index in [1.165, 1.54) is 51.1 Å². The Bertz CT molecular complexity index is 1720. The van der Waals surface area contributed by atoms with Crippen LogP contribution in [0.1, 0.15) is 149 Å². The van der Waals surface area contributed by atoms with Crippen molar-refractivity contribution in [3.05, 3.63) is 73.4 Å². The van der Waals surface area contributed by atoms with Gasteiger partial charge < -0.3 is 51.9 Å². The molecular weight excluding hydrogens is 1030 g/mol. The van der Waals surface area contributed by atoms with Gasteiger partial charge >= 0.3 is 29.8 Å². The molecule has 81 heavy (non-hydrogen) atoms. The van der Waals surface area contributed by atoms with Crippen LogP contribution in [0.4, 0.5) is 0 Å². The molecule has 0 spiro atoms. The molecule has 0 aromatic heterocycles. The number of rotatable bonds is 37. The summed E-state index contributed by atoms with van der Waals surface area (Å²) in [6, 6.07) is 0. The molecular formula is C64H125N4O13+3. The average Bonchev–Trinajstić information content (AvgIpc) is 3.37. The van der Waals surface area contributed by atoms with Gasteiger partial charge in [0.25, 0.3) is 0 Å². The summed E-state index contributed by atoms with van der Waals surface area (Å²) in [5, 5.41) is 2.86. The van der Waals surface area contributed by atoms with Gasteiger partial charge in [-0.3, -0.25) is 4.79 Å². The Kier molecular flexibility index (Phi) is 63.1. The summed E-state index contributed by atoms with van der Waals surface area (Å²) in [6.45, 7) is 57.3. The molecule has 476 valence electrons. The van der Waals surface area contributed by atoms with Gasteiger partial charge in [0.1, 0.15) is 32.9 Å². The molecule has 0 unspecified atom stereocenters. The minimum absolute atomic E-state index is 0. The summed E-state index contributed by atoms with van der Waals surface area (Å²) in [4.78, 5) is 65.5. The molecule has 17 heteroatoms. The first-order valence-corrected chi connectivity index (χ1v) is 28.7. The highest BCUT2D eigenvalue weighted by atomic mass is 16.6. The zero-order valence-electron chi connectivity index (χ0n) is 54.6. The van der Waals surface area contributed by atoms with Crippen molar-refractivity contribution < 1.29 is 75.4 Å². The molecule has 17 nitrogen and oxygen atoms in total. The highest BCUT2D eigenvalue weighted by Crippen LogP contribution is 2.05. The smallest absolute Gasteiger partial charge is 0.333 e. The Morgan fingerprint density at radius 1 is 0.420 bits per heavy atom. The number of hydrogen-bond acceptors (Lipinski definition) is 13. The molecule has 0 aliphatic rings. The van der Waals surface area contributed by atoms with Crippen LogP contribution < -0.4 is 5.32 Å². The topological polar surface area (TPSA) is 179 Å². The molecule has 0 atom stereocenters. The van der Waals surface area contributed by atoms with E-state index < -0.39 is 0 Å². The maximum atomic E-state index is 11.2. The molecule has 0 aromatic rings. The van der Waals surface area contributed by atoms with E-state index >= 15 is 0 Å². The average molecular weight is 1160 g/mol. The zero-order valence-corrected chi connectivity index (χ0v) is 54.6. The van der Waals surface area contributed by atoms with E-state index in [4.69, 9.17) is 33.2 Å². The molecule has 0 bridgehead atoms. The van der Waals surface area contributed by atoms with E-state index in [1.807, 2.05) is 27.7 Å². The molecule has 0 saturated carbocycles. The van der Waals surface area contributed by atoms with Crippen LogP contribution in [0.15, 0.2) is 73.4 Å². The van der Waals surface area contributed by atoms with Crippen LogP contribution in [-0.2, 0) is 61.9 Å². The fourth-order valence-electron chi connectivity index (χ4n) is 5.43. The number of esters is 5. The summed E-state index contributed by atoms with van der Waals surface area (Å²) in [6.07, 6.45) is 10.6. The molecule has 1 N–H and O–H groups in total. The van der Waals surface area contributed by atoms with Gasteiger partial charge in [-0.2, -0.15) is 0 Å². The van der Waals surface area contributed by atoms with Crippen molar-refractivity contribution in [2.45, 2.75) is 149 Å². The lowest BCUT2D eigenvalue weighted by molar-refractivity contribution is -0.890. The maximum Gasteiger partial charge on any atom is 0.333 e. The number of nitrogens with one attached hydrogen (secondary N) is 1. The van der Waals surface area contributed by atoms with Crippen LogP contribution in [-0.4, -0.2) is 197 Å². The number of nitrogens with zero attached hydrogens (tertiary/aromatic N) is 3. The van der Waals surface area contributed by atoms with Crippen LogP contribution in [0, 0.1) is 11.8 Å². The van der Waals surface area contributed by atoms with Crippen molar-refractivity contribution in [1.29, 1.82) is 0 Å². The van der Waals surface area contributed by atoms with E-state index in [0.717, 1.165) is 72.2 Å². The lowest BCUT2D eigenvalue weighted by Gasteiger charge is -2.29. The largest absolute Gasteiger partial charge is 0.462 e. The molecule has 1 amide bonds. The number of carbonyl (C=O) groups is 6. The SMILES string of the molecule is C.C=C(C)C(=O)NCCC[N+](C)(C)CCCC.C=C(C)C(=O)OCC(C)C.C=C(C)C(=O)OCC(C)C.C=C(C)C(=O)OCCOCCOCCC.C=C(C)C(=O)OCC[N+](C)(C)CCCC.C=CC(=O)OCC[N+](C)(C)CCCC. The van der Waals surface area contributed by atoms with Crippen molar-refractivity contribution in [2.24, 2.45) is 11.8 Å². The van der Waals surface area contributed by atoms with Crippen LogP contribution in [0.25, 0.3) is 0 Å². The zero-order chi connectivity index (χ0) is 63.3. The summed E-state index contributed by atoms with van der Waals surface area (Å²) >= 11 is 0. The summed E-state index contributed by atoms with van der Waals surface area (Å²) in [7, 11) is 13.1. The number of carbonyl (C=O) groups excluding carboxylic acids is 6. The van der Waals surface area contributed by atoms with Gasteiger partial charge in [0.05, 0.1) is 101 Å². The second-order valence-corrected chi connectivity index (χ2v) is 22.6. The lowest BCUT2D eigenvalue weighted by Crippen LogP contribution is -2.43. The van der Waals surface area contributed by atoms with Gasteiger partial charge in [-0.15, -0.1) is 0 Å². The number of hydrogen-bond donors (Lipinski definition) is 1. The Hall–Kier alpha value is -4.94. The minimum atomic E-state index is -0.374. The Balaban J connectivity index is -0.000000163. The monoisotopic (exact) mass is 1160 g/mol. The van der Waals surface area contributed by atoms with E-state index in [1.54, 1.807) is 34.6 Å². The van der Waals surface area contributed by atoms with Crippen LogP contribution in [0.2, 0.25) is 0 Å². The van der Waals surface area contributed by atoms with Crippen LogP contribution in [0.3, 0.4) is 0 Å². The van der Waals surface area contributed by atoms with Gasteiger partial charge in [0, 0.05) is 53.5 Å². The molecule has 0 fully saturated rings. The fraction of sp³-hybridized carbons (Fsp3) is 0.719. The second kappa shape index (κ2) is 56.9. The van der Waals surface area contributed by atoms with E-state index in [9.17, 15) is 28.8 Å². The fourth-order valence-corrected chi connectivity index (χ4v) is 5.43. The lowest BCUT2D eigenvalue weighted by atomic mass is 10.2. The molecule has 0 rings (SSSR count). The third kappa shape index (κ3) is 73.0. The summed E-state index contributed by atoms with van der Waals surface area (Å²) in [5.41, 5.74) is 2.37. The second-order valence-electron chi connectivity index (χ2n) is 22.6. The van der Waals surface area contributed by atoms with E-state index in [0.29, 0.717) is 85.9 Å². The Labute approximate surface area is 496 Å². The maximum absolute atomic E-state index is 11.2. The molecule has 0 radical (unpaired) electrons. The predicted molar refractivity (Wildman–Crippen MR) is 335 cm³/mol. The van der Waals surface area contributed by atoms with Crippen LogP contribution >= 0.6 is 0 Å². The molecule has 0 aromatic carbocycles. The molecule has 0 saturated heterocycles. The van der Waals surface area contributed by atoms with Gasteiger partial charge in [-0.05, 0) is 72.1 Å². The van der Waals surface area contributed by atoms with Crippen molar-refractivity contribution in [3.63, 3.8) is 0 Å². The van der Waals surface area contributed by atoms with Crippen molar-refractivity contribution in [2.75, 3.05) is 148 Å². The van der Waals surface area contributed by atoms with Crippen LogP contribution in [0.5, 0.6) is 0 Å². The number of quaternary nitrogens is 3. The normalized spacial score (nSPS) is 10.4. The minimum Gasteiger partial charge on any atom is -0.462 e. The van der Waals surface area contributed by atoms with E-state index in [2.05, 4.69) is 115 Å². The molecule has 0 aliphatic heterocycles. The van der Waals surface area contributed by atoms with Gasteiger partial charge in [-0.1, -0.05) is 122 Å². The molecule has 0 heterocycles. The first kappa shape index (κ1) is 89.9. The quantitative estimate of drug-likeness (QED) is 0.0204. The highest BCUT2D eigenvalue weighted by molar-refractivity contribution is 5.92. The van der Waals surface area contributed by atoms with Gasteiger partial charge in [0.15, 0.2) is 0 Å². The molecule has 0 aliphatic carbocycles.